The zero-order valence-corrected chi connectivity index (χ0v) is 13.2. The predicted octanol–water partition coefficient (Wildman–Crippen LogP) is 4.06. The lowest BCUT2D eigenvalue weighted by molar-refractivity contribution is 0.0243. The second-order valence-electron chi connectivity index (χ2n) is 5.57. The molecule has 0 atom stereocenters. The number of nitrogens with one attached hydrogen (secondary N) is 1. The third kappa shape index (κ3) is 3.14. The molecule has 3 rings (SSSR count). The Morgan fingerprint density at radius 2 is 2.10 bits per heavy atom. The summed E-state index contributed by atoms with van der Waals surface area (Å²) in [6.45, 7) is 1.49. The number of aromatic amines is 1. The Morgan fingerprint density at radius 3 is 2.86 bits per heavy atom. The van der Waals surface area contributed by atoms with Crippen molar-refractivity contribution in [3.63, 3.8) is 0 Å². The molecule has 5 heteroatoms. The highest BCUT2D eigenvalue weighted by molar-refractivity contribution is 7.71. The normalized spacial score (nSPS) is 16.4. The van der Waals surface area contributed by atoms with Gasteiger partial charge in [0.25, 0.3) is 0 Å². The number of fused-ring (bicyclic) bond motifs is 1. The summed E-state index contributed by atoms with van der Waals surface area (Å²) >= 11 is 5.43. The van der Waals surface area contributed by atoms with E-state index < -0.39 is 0 Å². The van der Waals surface area contributed by atoms with E-state index >= 15 is 0 Å². The first-order valence-electron chi connectivity index (χ1n) is 7.66. The lowest BCUT2D eigenvalue weighted by Crippen LogP contribution is -2.19. The Morgan fingerprint density at radius 1 is 1.29 bits per heavy atom. The maximum Gasteiger partial charge on any atom is 0.178 e. The molecule has 1 aromatic heterocycles. The summed E-state index contributed by atoms with van der Waals surface area (Å²) in [5.74, 6) is 0.825. The number of ether oxygens (including phenoxy) is 2. The van der Waals surface area contributed by atoms with Gasteiger partial charge in [-0.2, -0.15) is 0 Å². The molecule has 0 radical (unpaired) electrons. The monoisotopic (exact) mass is 306 g/mol. The summed E-state index contributed by atoms with van der Waals surface area (Å²) in [5.41, 5.74) is 2.04. The summed E-state index contributed by atoms with van der Waals surface area (Å²) in [4.78, 5) is 3.23. The highest BCUT2D eigenvalue weighted by Gasteiger charge is 2.14. The molecule has 2 aromatic rings. The first kappa shape index (κ1) is 14.6. The van der Waals surface area contributed by atoms with E-state index in [-0.39, 0.29) is 0 Å². The number of para-hydroxylation sites is 1. The highest BCUT2D eigenvalue weighted by atomic mass is 32.1. The average Bonchev–Trinajstić information content (AvgIpc) is 2.84. The maximum atomic E-state index is 6.00. The van der Waals surface area contributed by atoms with Crippen LogP contribution in [0.25, 0.3) is 11.0 Å². The molecule has 21 heavy (non-hydrogen) atoms. The van der Waals surface area contributed by atoms with E-state index in [1.165, 1.54) is 32.1 Å². The molecule has 1 heterocycles. The second-order valence-corrected chi connectivity index (χ2v) is 5.95. The van der Waals surface area contributed by atoms with Crippen LogP contribution in [0.15, 0.2) is 18.2 Å². The topological polar surface area (TPSA) is 39.2 Å². The lowest BCUT2D eigenvalue weighted by Gasteiger charge is -2.22. The van der Waals surface area contributed by atoms with Gasteiger partial charge in [0.05, 0.1) is 25.3 Å². The minimum Gasteiger partial charge on any atom is -0.494 e. The van der Waals surface area contributed by atoms with Crippen molar-refractivity contribution in [2.45, 2.75) is 44.8 Å². The summed E-state index contributed by atoms with van der Waals surface area (Å²) < 4.78 is 14.2. The molecule has 1 aliphatic carbocycles. The van der Waals surface area contributed by atoms with Crippen LogP contribution < -0.4 is 4.74 Å². The quantitative estimate of drug-likeness (QED) is 0.847. The predicted molar refractivity (Wildman–Crippen MR) is 86.5 cm³/mol. The summed E-state index contributed by atoms with van der Waals surface area (Å²) in [5, 5.41) is 0. The molecule has 0 unspecified atom stereocenters. The van der Waals surface area contributed by atoms with E-state index in [0.717, 1.165) is 28.1 Å². The third-order valence-corrected chi connectivity index (χ3v) is 4.54. The molecule has 0 bridgehead atoms. The Hall–Kier alpha value is -1.33. The first-order chi connectivity index (χ1) is 10.3. The number of nitrogens with zero attached hydrogens (tertiary/aromatic N) is 1. The van der Waals surface area contributed by atoms with Gasteiger partial charge < -0.3 is 19.0 Å². The van der Waals surface area contributed by atoms with Crippen molar-refractivity contribution in [3.8, 4) is 5.75 Å². The Labute approximate surface area is 130 Å². The van der Waals surface area contributed by atoms with E-state index in [2.05, 4.69) is 15.6 Å². The van der Waals surface area contributed by atoms with Crippen LogP contribution in [0.1, 0.15) is 32.1 Å². The summed E-state index contributed by atoms with van der Waals surface area (Å²) in [6.07, 6.45) is 6.79. The van der Waals surface area contributed by atoms with Crippen LogP contribution >= 0.6 is 12.2 Å². The van der Waals surface area contributed by atoms with Gasteiger partial charge >= 0.3 is 0 Å². The highest BCUT2D eigenvalue weighted by Crippen LogP contribution is 2.25. The van der Waals surface area contributed by atoms with Crippen LogP contribution in [-0.2, 0) is 11.3 Å². The number of methoxy groups -OCH3 is 1. The summed E-state index contributed by atoms with van der Waals surface area (Å²) in [6, 6.07) is 5.99. The molecule has 1 saturated carbocycles. The van der Waals surface area contributed by atoms with Crippen molar-refractivity contribution in [2.75, 3.05) is 13.7 Å². The van der Waals surface area contributed by atoms with E-state index in [0.29, 0.717) is 12.7 Å². The van der Waals surface area contributed by atoms with Gasteiger partial charge in [0, 0.05) is 6.54 Å². The molecule has 1 aliphatic rings. The van der Waals surface area contributed by atoms with E-state index in [9.17, 15) is 0 Å². The van der Waals surface area contributed by atoms with Crippen LogP contribution in [0.2, 0.25) is 0 Å². The Kier molecular flexibility index (Phi) is 4.60. The van der Waals surface area contributed by atoms with Gasteiger partial charge in [-0.3, -0.25) is 0 Å². The van der Waals surface area contributed by atoms with Crippen molar-refractivity contribution >= 4 is 23.3 Å². The van der Waals surface area contributed by atoms with Crippen LogP contribution in [0.3, 0.4) is 0 Å². The maximum absolute atomic E-state index is 6.00. The zero-order chi connectivity index (χ0) is 14.7. The molecule has 1 aromatic carbocycles. The first-order valence-corrected chi connectivity index (χ1v) is 8.07. The molecular weight excluding hydrogens is 284 g/mol. The average molecular weight is 306 g/mol. The van der Waals surface area contributed by atoms with Crippen LogP contribution in [0, 0.1) is 4.77 Å². The number of hydrogen-bond acceptors (Lipinski definition) is 3. The van der Waals surface area contributed by atoms with Gasteiger partial charge in [0.1, 0.15) is 11.3 Å². The fraction of sp³-hybridized carbons (Fsp3) is 0.562. The zero-order valence-electron chi connectivity index (χ0n) is 12.4. The number of H-pyrrole nitrogens is 1. The van der Waals surface area contributed by atoms with Crippen LogP contribution in [0.4, 0.5) is 0 Å². The minimum absolute atomic E-state index is 0.438. The van der Waals surface area contributed by atoms with Crippen molar-refractivity contribution < 1.29 is 9.47 Å². The fourth-order valence-corrected chi connectivity index (χ4v) is 3.38. The SMILES string of the molecule is COc1cccc2c1[nH]c(=S)n2CCOC1CCCCC1. The standard InChI is InChI=1S/C16H22N2O2S/c1-19-14-9-5-8-13-15(14)17-16(21)18(13)10-11-20-12-6-3-2-4-7-12/h5,8-9,12H,2-4,6-7,10-11H2,1H3,(H,17,21). The Bertz CT molecular complexity index is 656. The largest absolute Gasteiger partial charge is 0.494 e. The number of imidazole rings is 1. The van der Waals surface area contributed by atoms with Gasteiger partial charge in [-0.25, -0.2) is 0 Å². The third-order valence-electron chi connectivity index (χ3n) is 4.21. The van der Waals surface area contributed by atoms with E-state index in [1.807, 2.05) is 12.1 Å². The van der Waals surface area contributed by atoms with Crippen molar-refractivity contribution in [2.24, 2.45) is 0 Å². The van der Waals surface area contributed by atoms with Crippen molar-refractivity contribution in [3.05, 3.63) is 23.0 Å². The van der Waals surface area contributed by atoms with Gasteiger partial charge in [0.15, 0.2) is 4.77 Å². The summed E-state index contributed by atoms with van der Waals surface area (Å²) in [7, 11) is 1.68. The van der Waals surface area contributed by atoms with Crippen LogP contribution in [-0.4, -0.2) is 29.4 Å². The number of hydrogen-bond donors (Lipinski definition) is 1. The molecular formula is C16H22N2O2S. The van der Waals surface area contributed by atoms with Gasteiger partial charge in [-0.05, 0) is 37.2 Å². The molecule has 1 fully saturated rings. The van der Waals surface area contributed by atoms with Crippen LogP contribution in [0.5, 0.6) is 5.75 Å². The molecule has 114 valence electrons. The number of rotatable bonds is 5. The smallest absolute Gasteiger partial charge is 0.178 e. The number of benzene rings is 1. The van der Waals surface area contributed by atoms with E-state index in [1.54, 1.807) is 7.11 Å². The van der Waals surface area contributed by atoms with Gasteiger partial charge in [-0.1, -0.05) is 25.3 Å². The molecule has 0 amide bonds. The lowest BCUT2D eigenvalue weighted by atomic mass is 9.98. The van der Waals surface area contributed by atoms with E-state index in [4.69, 9.17) is 21.7 Å². The molecule has 0 aliphatic heterocycles. The Balaban J connectivity index is 1.71. The van der Waals surface area contributed by atoms with Gasteiger partial charge in [-0.15, -0.1) is 0 Å². The second kappa shape index (κ2) is 6.62. The van der Waals surface area contributed by atoms with Crippen molar-refractivity contribution in [1.82, 2.24) is 9.55 Å². The molecule has 1 N–H and O–H groups in total. The minimum atomic E-state index is 0.438. The van der Waals surface area contributed by atoms with Gasteiger partial charge in [0.2, 0.25) is 0 Å². The molecule has 4 nitrogen and oxygen atoms in total. The molecule has 0 saturated heterocycles. The number of aromatic nitrogens is 2. The molecule has 0 spiro atoms. The fourth-order valence-electron chi connectivity index (χ4n) is 3.09. The van der Waals surface area contributed by atoms with Crippen molar-refractivity contribution in [1.29, 1.82) is 0 Å².